The number of carbonyl (C=O) groups is 1. The van der Waals surface area contributed by atoms with E-state index in [0.717, 1.165) is 31.7 Å². The fourth-order valence-electron chi connectivity index (χ4n) is 3.87. The molecule has 0 unspecified atom stereocenters. The van der Waals surface area contributed by atoms with Crippen molar-refractivity contribution in [2.45, 2.75) is 51.9 Å². The van der Waals surface area contributed by atoms with Gasteiger partial charge in [0.05, 0.1) is 23.6 Å². The molecule has 1 saturated heterocycles. The number of amides is 1. The molecule has 3 heterocycles. The molecule has 0 aliphatic carbocycles. The van der Waals surface area contributed by atoms with Crippen molar-refractivity contribution in [3.8, 4) is 0 Å². The van der Waals surface area contributed by atoms with Crippen LogP contribution < -0.4 is 4.90 Å². The quantitative estimate of drug-likeness (QED) is 0.871. The Balaban J connectivity index is 1.64. The number of carbonyl (C=O) groups excluding carboxylic acids is 1. The highest BCUT2D eigenvalue weighted by Crippen LogP contribution is 2.34. The molecule has 4 rings (SSSR count). The number of aromatic nitrogens is 2. The zero-order valence-corrected chi connectivity index (χ0v) is 14.4. The maximum atomic E-state index is 12.2. The summed E-state index contributed by atoms with van der Waals surface area (Å²) in [5.41, 5.74) is 3.50. The highest BCUT2D eigenvalue weighted by molar-refractivity contribution is 5.95. The summed E-state index contributed by atoms with van der Waals surface area (Å²) in [7, 11) is 0. The van der Waals surface area contributed by atoms with Crippen molar-refractivity contribution in [3.05, 3.63) is 47.8 Å². The summed E-state index contributed by atoms with van der Waals surface area (Å²) >= 11 is 0. The van der Waals surface area contributed by atoms with E-state index in [4.69, 9.17) is 0 Å². The minimum Gasteiger partial charge on any atom is -0.309 e. The fourth-order valence-corrected chi connectivity index (χ4v) is 3.87. The van der Waals surface area contributed by atoms with Crippen LogP contribution in [0, 0.1) is 0 Å². The topological polar surface area (TPSA) is 41.4 Å². The third-order valence-electron chi connectivity index (χ3n) is 5.48. The predicted molar refractivity (Wildman–Crippen MR) is 93.7 cm³/mol. The Morgan fingerprint density at radius 1 is 1.17 bits per heavy atom. The van der Waals surface area contributed by atoms with Gasteiger partial charge in [-0.05, 0) is 25.8 Å². The van der Waals surface area contributed by atoms with Gasteiger partial charge in [-0.2, -0.15) is 5.10 Å². The van der Waals surface area contributed by atoms with E-state index < -0.39 is 0 Å². The lowest BCUT2D eigenvalue weighted by atomic mass is 10.0. The number of nitrogens with zero attached hydrogens (tertiary/aromatic N) is 4. The molecule has 0 bridgehead atoms. The Kier molecular flexibility index (Phi) is 3.88. The van der Waals surface area contributed by atoms with E-state index in [1.54, 1.807) is 0 Å². The Labute approximate surface area is 142 Å². The summed E-state index contributed by atoms with van der Waals surface area (Å²) in [5.74, 6) is 0.228. The molecule has 1 aromatic carbocycles. The summed E-state index contributed by atoms with van der Waals surface area (Å²) in [5, 5.41) is 4.60. The highest BCUT2D eigenvalue weighted by Gasteiger charge is 2.34. The minimum absolute atomic E-state index is 0.228. The van der Waals surface area contributed by atoms with Gasteiger partial charge in [0.25, 0.3) is 0 Å². The lowest BCUT2D eigenvalue weighted by molar-refractivity contribution is -0.117. The number of rotatable bonds is 3. The van der Waals surface area contributed by atoms with Crippen molar-refractivity contribution in [3.63, 3.8) is 0 Å². The smallest absolute Gasteiger partial charge is 0.227 e. The highest BCUT2D eigenvalue weighted by atomic mass is 16.2. The second kappa shape index (κ2) is 6.06. The first-order valence-corrected chi connectivity index (χ1v) is 8.80. The van der Waals surface area contributed by atoms with Crippen LogP contribution in [0.25, 0.3) is 0 Å². The SMILES string of the molecule is C[C@@H]1[C@H](C)N(Cc2ccccc2)Cc2c(N3CCCC3=O)cnn21. The van der Waals surface area contributed by atoms with Crippen molar-refractivity contribution in [1.29, 1.82) is 0 Å². The van der Waals surface area contributed by atoms with Gasteiger partial charge in [0.2, 0.25) is 5.91 Å². The van der Waals surface area contributed by atoms with Gasteiger partial charge in [-0.15, -0.1) is 0 Å². The minimum atomic E-state index is 0.228. The molecule has 126 valence electrons. The normalized spacial score (nSPS) is 24.4. The molecule has 1 amide bonds. The van der Waals surface area contributed by atoms with Crippen molar-refractivity contribution in [2.75, 3.05) is 11.4 Å². The van der Waals surface area contributed by atoms with Crippen molar-refractivity contribution < 1.29 is 4.79 Å². The summed E-state index contributed by atoms with van der Waals surface area (Å²) in [4.78, 5) is 16.6. The number of anilines is 1. The lowest BCUT2D eigenvalue weighted by Crippen LogP contribution is -2.43. The van der Waals surface area contributed by atoms with Crippen molar-refractivity contribution in [1.82, 2.24) is 14.7 Å². The molecular formula is C19H24N4O. The van der Waals surface area contributed by atoms with Gasteiger partial charge in [0, 0.05) is 32.1 Å². The number of benzene rings is 1. The first kappa shape index (κ1) is 15.4. The number of hydrogen-bond donors (Lipinski definition) is 0. The van der Waals surface area contributed by atoms with Gasteiger partial charge in [0.1, 0.15) is 0 Å². The van der Waals surface area contributed by atoms with Crippen LogP contribution in [0.2, 0.25) is 0 Å². The van der Waals surface area contributed by atoms with E-state index in [1.807, 2.05) is 11.1 Å². The maximum absolute atomic E-state index is 12.2. The van der Waals surface area contributed by atoms with Crippen LogP contribution in [0.3, 0.4) is 0 Å². The van der Waals surface area contributed by atoms with Gasteiger partial charge in [-0.25, -0.2) is 0 Å². The second-order valence-corrected chi connectivity index (χ2v) is 6.94. The fraction of sp³-hybridized carbons (Fsp3) is 0.474. The molecule has 1 fully saturated rings. The van der Waals surface area contributed by atoms with Gasteiger partial charge in [0.15, 0.2) is 0 Å². The van der Waals surface area contributed by atoms with Crippen LogP contribution in [0.5, 0.6) is 0 Å². The monoisotopic (exact) mass is 324 g/mol. The average Bonchev–Trinajstić information content (AvgIpc) is 3.19. The summed E-state index contributed by atoms with van der Waals surface area (Å²) in [6, 6.07) is 11.3. The molecule has 2 atom stereocenters. The average molecular weight is 324 g/mol. The lowest BCUT2D eigenvalue weighted by Gasteiger charge is -2.39. The Bertz CT molecular complexity index is 739. The van der Waals surface area contributed by atoms with Gasteiger partial charge in [-0.3, -0.25) is 14.4 Å². The number of hydrogen-bond acceptors (Lipinski definition) is 3. The molecule has 2 aliphatic rings. The number of fused-ring (bicyclic) bond motifs is 1. The Hall–Kier alpha value is -2.14. The molecule has 0 spiro atoms. The molecule has 0 radical (unpaired) electrons. The summed E-state index contributed by atoms with van der Waals surface area (Å²) in [6.45, 7) is 7.05. The van der Waals surface area contributed by atoms with Gasteiger partial charge < -0.3 is 4.90 Å². The molecule has 0 saturated carbocycles. The molecule has 2 aliphatic heterocycles. The third-order valence-corrected chi connectivity index (χ3v) is 5.48. The molecule has 24 heavy (non-hydrogen) atoms. The van der Waals surface area contributed by atoms with Crippen molar-refractivity contribution in [2.24, 2.45) is 0 Å². The molecule has 2 aromatic rings. The van der Waals surface area contributed by atoms with E-state index in [1.165, 1.54) is 11.3 Å². The first-order valence-electron chi connectivity index (χ1n) is 8.80. The van der Waals surface area contributed by atoms with E-state index in [2.05, 4.69) is 58.9 Å². The van der Waals surface area contributed by atoms with E-state index in [9.17, 15) is 4.79 Å². The van der Waals surface area contributed by atoms with Crippen LogP contribution in [-0.2, 0) is 17.9 Å². The maximum Gasteiger partial charge on any atom is 0.227 e. The standard InChI is InChI=1S/C19H24N4O/c1-14-15(2)23-18(13-21(14)12-16-7-4-3-5-8-16)17(11-20-23)22-10-6-9-19(22)24/h3-5,7-8,11,14-15H,6,9-10,12-13H2,1-2H3/t14-,15+/m0/s1. The van der Waals surface area contributed by atoms with Crippen LogP contribution in [0.4, 0.5) is 5.69 Å². The van der Waals surface area contributed by atoms with Crippen molar-refractivity contribution >= 4 is 11.6 Å². The largest absolute Gasteiger partial charge is 0.309 e. The van der Waals surface area contributed by atoms with E-state index in [-0.39, 0.29) is 5.91 Å². The third kappa shape index (κ3) is 2.53. The molecule has 5 nitrogen and oxygen atoms in total. The first-order chi connectivity index (χ1) is 11.6. The van der Waals surface area contributed by atoms with Gasteiger partial charge in [-0.1, -0.05) is 30.3 Å². The predicted octanol–water partition coefficient (Wildman–Crippen LogP) is 2.98. The van der Waals surface area contributed by atoms with Crippen LogP contribution in [-0.4, -0.2) is 33.2 Å². The van der Waals surface area contributed by atoms with Crippen LogP contribution in [0.1, 0.15) is 44.0 Å². The molecule has 5 heteroatoms. The second-order valence-electron chi connectivity index (χ2n) is 6.94. The zero-order valence-electron chi connectivity index (χ0n) is 14.4. The summed E-state index contributed by atoms with van der Waals surface area (Å²) < 4.78 is 2.12. The van der Waals surface area contributed by atoms with E-state index >= 15 is 0 Å². The molecular weight excluding hydrogens is 300 g/mol. The van der Waals surface area contributed by atoms with Crippen LogP contribution >= 0.6 is 0 Å². The van der Waals surface area contributed by atoms with E-state index in [0.29, 0.717) is 18.5 Å². The Morgan fingerprint density at radius 2 is 1.96 bits per heavy atom. The van der Waals surface area contributed by atoms with Crippen LogP contribution in [0.15, 0.2) is 36.5 Å². The Morgan fingerprint density at radius 3 is 2.67 bits per heavy atom. The van der Waals surface area contributed by atoms with Gasteiger partial charge >= 0.3 is 0 Å². The molecule has 1 aromatic heterocycles. The summed E-state index contributed by atoms with van der Waals surface area (Å²) in [6.07, 6.45) is 3.49. The zero-order chi connectivity index (χ0) is 16.7. The molecule has 0 N–H and O–H groups in total.